The molecule has 0 saturated carbocycles. The van der Waals surface area contributed by atoms with E-state index < -0.39 is 0 Å². The number of amides is 1. The molecule has 1 amide bonds. The monoisotopic (exact) mass is 291 g/mol. The number of carbonyl (C=O) groups excluding carboxylic acids is 1. The molecule has 2 rings (SSSR count). The summed E-state index contributed by atoms with van der Waals surface area (Å²) in [6.07, 6.45) is 4.36. The third-order valence-electron chi connectivity index (χ3n) is 4.19. The summed E-state index contributed by atoms with van der Waals surface area (Å²) in [6, 6.07) is 6.20. The Morgan fingerprint density at radius 3 is 3.05 bits per heavy atom. The summed E-state index contributed by atoms with van der Waals surface area (Å²) in [4.78, 5) is 12.1. The number of ether oxygens (including phenoxy) is 1. The average molecular weight is 291 g/mol. The van der Waals surface area contributed by atoms with Crippen LogP contribution in [0, 0.1) is 0 Å². The maximum atomic E-state index is 12.1. The Morgan fingerprint density at radius 2 is 2.33 bits per heavy atom. The fourth-order valence-corrected chi connectivity index (χ4v) is 3.05. The van der Waals surface area contributed by atoms with E-state index in [1.54, 1.807) is 7.11 Å². The largest absolute Gasteiger partial charge is 0.497 e. The van der Waals surface area contributed by atoms with Gasteiger partial charge in [-0.2, -0.15) is 0 Å². The number of nitrogens with one attached hydrogen (secondary N) is 1. The average Bonchev–Trinajstić information content (AvgIpc) is 2.47. The van der Waals surface area contributed by atoms with Gasteiger partial charge in [-0.15, -0.1) is 0 Å². The van der Waals surface area contributed by atoms with Gasteiger partial charge in [0.05, 0.1) is 7.11 Å². The number of fused-ring (bicyclic) bond motifs is 1. The maximum absolute atomic E-state index is 12.1. The Bertz CT molecular complexity index is 487. The first kappa shape index (κ1) is 15.8. The number of hydrogen-bond acceptors (Lipinski definition) is 3. The van der Waals surface area contributed by atoms with Crippen molar-refractivity contribution in [3.63, 3.8) is 0 Å². The summed E-state index contributed by atoms with van der Waals surface area (Å²) >= 11 is 0. The third-order valence-corrected chi connectivity index (χ3v) is 4.19. The van der Waals surface area contributed by atoms with E-state index in [9.17, 15) is 4.79 Å². The minimum atomic E-state index is 0.0291. The van der Waals surface area contributed by atoms with E-state index in [1.165, 1.54) is 11.1 Å². The first-order valence-corrected chi connectivity index (χ1v) is 7.71. The fraction of sp³-hybridized carbons (Fsp3) is 0.588. The van der Waals surface area contributed by atoms with Crippen molar-refractivity contribution >= 4 is 5.91 Å². The zero-order chi connectivity index (χ0) is 15.2. The molecule has 4 heteroatoms. The van der Waals surface area contributed by atoms with Crippen LogP contribution in [0.2, 0.25) is 0 Å². The van der Waals surface area contributed by atoms with Gasteiger partial charge in [-0.25, -0.2) is 0 Å². The molecular weight excluding hydrogens is 266 g/mol. The van der Waals surface area contributed by atoms with Gasteiger partial charge in [0.1, 0.15) is 5.75 Å². The topological polar surface area (TPSA) is 58.6 Å². The van der Waals surface area contributed by atoms with E-state index in [0.717, 1.165) is 25.0 Å². The molecule has 0 fully saturated rings. The van der Waals surface area contributed by atoms with Gasteiger partial charge in [0.15, 0.2) is 0 Å². The van der Waals surface area contributed by atoms with Crippen molar-refractivity contribution in [2.24, 2.45) is 0 Å². The zero-order valence-electron chi connectivity index (χ0n) is 12.9. The van der Waals surface area contributed by atoms with Gasteiger partial charge >= 0.3 is 0 Å². The molecular formula is C17H25NO3. The second kappa shape index (κ2) is 7.46. The smallest absolute Gasteiger partial charge is 0.220 e. The molecule has 2 unspecified atom stereocenters. The molecule has 0 heterocycles. The normalized spacial score (nSPS) is 18.7. The van der Waals surface area contributed by atoms with Crippen LogP contribution in [-0.4, -0.2) is 30.8 Å². The second-order valence-corrected chi connectivity index (χ2v) is 5.84. The highest BCUT2D eigenvalue weighted by molar-refractivity contribution is 5.77. The summed E-state index contributed by atoms with van der Waals surface area (Å²) in [5.41, 5.74) is 2.59. The lowest BCUT2D eigenvalue weighted by atomic mass is 9.81. The molecule has 2 atom stereocenters. The molecule has 1 aromatic carbocycles. The molecule has 1 aliphatic rings. The number of methoxy groups -OCH3 is 1. The van der Waals surface area contributed by atoms with E-state index in [0.29, 0.717) is 18.8 Å². The van der Waals surface area contributed by atoms with Crippen LogP contribution in [0.5, 0.6) is 5.75 Å². The van der Waals surface area contributed by atoms with Gasteiger partial charge in [-0.1, -0.05) is 6.07 Å². The number of aryl methyl sites for hydroxylation is 1. The number of aliphatic hydroxyl groups excluding tert-OH is 1. The van der Waals surface area contributed by atoms with Crippen molar-refractivity contribution in [3.05, 3.63) is 29.3 Å². The minimum Gasteiger partial charge on any atom is -0.497 e. The molecule has 1 aromatic rings. The van der Waals surface area contributed by atoms with E-state index in [1.807, 2.05) is 13.0 Å². The van der Waals surface area contributed by atoms with E-state index in [2.05, 4.69) is 17.4 Å². The molecule has 0 aliphatic heterocycles. The highest BCUT2D eigenvalue weighted by Gasteiger charge is 2.23. The summed E-state index contributed by atoms with van der Waals surface area (Å²) in [5.74, 6) is 1.25. The molecule has 2 N–H and O–H groups in total. The molecule has 4 nitrogen and oxygen atoms in total. The first-order chi connectivity index (χ1) is 10.1. The molecule has 21 heavy (non-hydrogen) atoms. The highest BCUT2D eigenvalue weighted by atomic mass is 16.5. The van der Waals surface area contributed by atoms with Crippen molar-refractivity contribution < 1.29 is 14.6 Å². The molecule has 0 bridgehead atoms. The molecule has 0 aromatic heterocycles. The molecule has 116 valence electrons. The molecule has 0 spiro atoms. The van der Waals surface area contributed by atoms with Crippen LogP contribution in [0.3, 0.4) is 0 Å². The Morgan fingerprint density at radius 1 is 1.52 bits per heavy atom. The van der Waals surface area contributed by atoms with Gasteiger partial charge in [0.2, 0.25) is 5.91 Å². The molecule has 0 saturated heterocycles. The van der Waals surface area contributed by atoms with Gasteiger partial charge in [0, 0.05) is 19.1 Å². The van der Waals surface area contributed by atoms with Crippen molar-refractivity contribution in [2.75, 3.05) is 13.7 Å². The minimum absolute atomic E-state index is 0.0291. The fourth-order valence-electron chi connectivity index (χ4n) is 3.05. The number of hydrogen-bond donors (Lipinski definition) is 2. The van der Waals surface area contributed by atoms with Crippen LogP contribution in [-0.2, 0) is 11.2 Å². The summed E-state index contributed by atoms with van der Waals surface area (Å²) in [6.45, 7) is 2.03. The van der Waals surface area contributed by atoms with E-state index >= 15 is 0 Å². The molecule has 0 radical (unpaired) electrons. The third kappa shape index (κ3) is 4.21. The van der Waals surface area contributed by atoms with Gasteiger partial charge in [-0.3, -0.25) is 4.79 Å². The van der Waals surface area contributed by atoms with E-state index in [4.69, 9.17) is 9.84 Å². The maximum Gasteiger partial charge on any atom is 0.220 e. The lowest BCUT2D eigenvalue weighted by molar-refractivity contribution is -0.122. The lowest BCUT2D eigenvalue weighted by Gasteiger charge is -2.26. The van der Waals surface area contributed by atoms with Crippen molar-refractivity contribution in [2.45, 2.75) is 51.0 Å². The van der Waals surface area contributed by atoms with Crippen LogP contribution >= 0.6 is 0 Å². The first-order valence-electron chi connectivity index (χ1n) is 7.71. The van der Waals surface area contributed by atoms with Crippen LogP contribution in [0.15, 0.2) is 18.2 Å². The van der Waals surface area contributed by atoms with Crippen molar-refractivity contribution in [3.8, 4) is 5.75 Å². The predicted molar refractivity (Wildman–Crippen MR) is 82.6 cm³/mol. The van der Waals surface area contributed by atoms with Crippen LogP contribution in [0.4, 0.5) is 0 Å². The predicted octanol–water partition coefficient (Wildman–Crippen LogP) is 2.39. The highest BCUT2D eigenvalue weighted by Crippen LogP contribution is 2.35. The second-order valence-electron chi connectivity index (χ2n) is 5.84. The SMILES string of the molecule is COc1ccc2c(c1)CCCC2CC(=O)NC(C)CCO. The van der Waals surface area contributed by atoms with Gasteiger partial charge in [0.25, 0.3) is 0 Å². The number of carbonyl (C=O) groups is 1. The number of benzene rings is 1. The Labute approximate surface area is 126 Å². The Balaban J connectivity index is 2.01. The lowest BCUT2D eigenvalue weighted by Crippen LogP contribution is -2.34. The summed E-state index contributed by atoms with van der Waals surface area (Å²) < 4.78 is 5.27. The van der Waals surface area contributed by atoms with Crippen molar-refractivity contribution in [1.29, 1.82) is 0 Å². The Kier molecular flexibility index (Phi) is 5.62. The van der Waals surface area contributed by atoms with Crippen LogP contribution < -0.4 is 10.1 Å². The number of rotatable bonds is 6. The van der Waals surface area contributed by atoms with Gasteiger partial charge in [-0.05, 0) is 61.8 Å². The Hall–Kier alpha value is -1.55. The van der Waals surface area contributed by atoms with Crippen molar-refractivity contribution in [1.82, 2.24) is 5.32 Å². The number of aliphatic hydroxyl groups is 1. The standard InChI is InChI=1S/C17H25NO3/c1-12(8-9-19)18-17(20)11-14-5-3-4-13-10-15(21-2)6-7-16(13)14/h6-7,10,12,14,19H,3-5,8-9,11H2,1-2H3,(H,18,20). The zero-order valence-corrected chi connectivity index (χ0v) is 12.9. The van der Waals surface area contributed by atoms with Crippen LogP contribution in [0.1, 0.15) is 49.7 Å². The molecule has 1 aliphatic carbocycles. The quantitative estimate of drug-likeness (QED) is 0.846. The summed E-state index contributed by atoms with van der Waals surface area (Å²) in [7, 11) is 1.68. The summed E-state index contributed by atoms with van der Waals surface area (Å²) in [5, 5.41) is 11.8. The van der Waals surface area contributed by atoms with Crippen LogP contribution in [0.25, 0.3) is 0 Å². The van der Waals surface area contributed by atoms with Gasteiger partial charge < -0.3 is 15.2 Å². The van der Waals surface area contributed by atoms with E-state index in [-0.39, 0.29) is 18.6 Å².